The maximum absolute atomic E-state index is 12.3. The average molecular weight is 290 g/mol. The van der Waals surface area contributed by atoms with Gasteiger partial charge in [0.15, 0.2) is 0 Å². The van der Waals surface area contributed by atoms with Crippen molar-refractivity contribution in [2.24, 2.45) is 0 Å². The number of rotatable bonds is 2. The minimum atomic E-state index is -0.00918. The Morgan fingerprint density at radius 3 is 2.63 bits per heavy atom. The zero-order chi connectivity index (χ0) is 13.0. The van der Waals surface area contributed by atoms with Crippen molar-refractivity contribution >= 4 is 24.2 Å². The summed E-state index contributed by atoms with van der Waals surface area (Å²) in [7, 11) is 0. The predicted molar refractivity (Wildman–Crippen MR) is 76.3 cm³/mol. The van der Waals surface area contributed by atoms with Gasteiger partial charge in [-0.1, -0.05) is 6.42 Å². The van der Waals surface area contributed by atoms with E-state index >= 15 is 0 Å². The number of carbonyl (C=O) groups is 2. The van der Waals surface area contributed by atoms with Crippen LogP contribution in [0, 0.1) is 0 Å². The van der Waals surface area contributed by atoms with Crippen LogP contribution in [0.2, 0.25) is 0 Å². The van der Waals surface area contributed by atoms with Gasteiger partial charge < -0.3 is 15.5 Å². The average Bonchev–Trinajstić information content (AvgIpc) is 2.38. The Morgan fingerprint density at radius 2 is 2.00 bits per heavy atom. The molecule has 1 unspecified atom stereocenters. The minimum Gasteiger partial charge on any atom is -0.352 e. The Balaban J connectivity index is 0.00000180. The van der Waals surface area contributed by atoms with E-state index in [9.17, 15) is 9.59 Å². The van der Waals surface area contributed by atoms with Crippen molar-refractivity contribution in [3.05, 3.63) is 0 Å². The van der Waals surface area contributed by atoms with Crippen LogP contribution in [0.1, 0.15) is 39.0 Å². The van der Waals surface area contributed by atoms with Crippen molar-refractivity contribution in [2.45, 2.75) is 51.1 Å². The molecule has 0 bridgehead atoms. The minimum absolute atomic E-state index is 0. The molecule has 19 heavy (non-hydrogen) atoms. The Morgan fingerprint density at radius 1 is 1.21 bits per heavy atom. The van der Waals surface area contributed by atoms with Gasteiger partial charge >= 0.3 is 0 Å². The van der Waals surface area contributed by atoms with Gasteiger partial charge in [-0.3, -0.25) is 9.59 Å². The summed E-state index contributed by atoms with van der Waals surface area (Å²) in [5.74, 6) is 0.204. The Hall–Kier alpha value is -0.810. The quantitative estimate of drug-likeness (QED) is 0.786. The molecule has 0 saturated carbocycles. The summed E-state index contributed by atoms with van der Waals surface area (Å²) >= 11 is 0. The van der Waals surface area contributed by atoms with Crippen molar-refractivity contribution in [1.29, 1.82) is 0 Å². The molecule has 2 saturated heterocycles. The second kappa shape index (κ2) is 7.70. The summed E-state index contributed by atoms with van der Waals surface area (Å²) in [5.41, 5.74) is 0. The van der Waals surface area contributed by atoms with Crippen LogP contribution in [-0.4, -0.2) is 48.4 Å². The number of amides is 2. The molecule has 6 heteroatoms. The smallest absolute Gasteiger partial charge is 0.239 e. The lowest BCUT2D eigenvalue weighted by Gasteiger charge is -2.36. The third-order valence-electron chi connectivity index (χ3n) is 3.75. The van der Waals surface area contributed by atoms with Crippen molar-refractivity contribution in [1.82, 2.24) is 15.5 Å². The molecule has 0 aliphatic carbocycles. The van der Waals surface area contributed by atoms with E-state index in [-0.39, 0.29) is 36.3 Å². The van der Waals surface area contributed by atoms with Crippen LogP contribution < -0.4 is 10.6 Å². The van der Waals surface area contributed by atoms with Crippen LogP contribution in [0.25, 0.3) is 0 Å². The molecular weight excluding hydrogens is 266 g/mol. The fourth-order valence-electron chi connectivity index (χ4n) is 2.87. The number of piperidine rings is 2. The molecule has 2 atom stereocenters. The number of hydrogen-bond donors (Lipinski definition) is 2. The molecule has 2 amide bonds. The highest BCUT2D eigenvalue weighted by atomic mass is 35.5. The van der Waals surface area contributed by atoms with Gasteiger partial charge in [0.1, 0.15) is 0 Å². The van der Waals surface area contributed by atoms with Gasteiger partial charge in [-0.05, 0) is 32.2 Å². The standard InChI is InChI=1S/C13H23N3O2.ClH/c1-10(17)15-11-5-4-8-16(9-11)13(18)12-6-2-3-7-14-12;/h11-12,14H,2-9H2,1H3,(H,15,17);1H/t11?,12-;/m0./s1. The molecule has 5 nitrogen and oxygen atoms in total. The van der Waals surface area contributed by atoms with Crippen LogP contribution in [0.5, 0.6) is 0 Å². The van der Waals surface area contributed by atoms with Gasteiger partial charge in [0, 0.05) is 26.1 Å². The number of hydrogen-bond acceptors (Lipinski definition) is 3. The second-order valence-electron chi connectivity index (χ2n) is 5.33. The summed E-state index contributed by atoms with van der Waals surface area (Å²) in [6.45, 7) is 3.96. The van der Waals surface area contributed by atoms with E-state index in [1.807, 2.05) is 4.90 Å². The molecule has 2 N–H and O–H groups in total. The third kappa shape index (κ3) is 4.66. The van der Waals surface area contributed by atoms with E-state index in [1.54, 1.807) is 0 Å². The number of halogens is 1. The number of likely N-dealkylation sites (tertiary alicyclic amines) is 1. The largest absolute Gasteiger partial charge is 0.352 e. The van der Waals surface area contributed by atoms with E-state index in [4.69, 9.17) is 0 Å². The molecule has 0 radical (unpaired) electrons. The zero-order valence-corrected chi connectivity index (χ0v) is 12.3. The number of nitrogens with one attached hydrogen (secondary N) is 2. The first-order valence-corrected chi connectivity index (χ1v) is 6.96. The molecule has 110 valence electrons. The van der Waals surface area contributed by atoms with E-state index in [0.717, 1.165) is 45.2 Å². The SMILES string of the molecule is CC(=O)NC1CCCN(C(=O)[C@@H]2CCCCN2)C1.Cl. The van der Waals surface area contributed by atoms with E-state index in [2.05, 4.69) is 10.6 Å². The number of nitrogens with zero attached hydrogens (tertiary/aromatic N) is 1. The van der Waals surface area contributed by atoms with Crippen molar-refractivity contribution in [2.75, 3.05) is 19.6 Å². The summed E-state index contributed by atoms with van der Waals surface area (Å²) in [6, 6.07) is 0.124. The maximum Gasteiger partial charge on any atom is 0.239 e. The fraction of sp³-hybridized carbons (Fsp3) is 0.846. The van der Waals surface area contributed by atoms with Gasteiger partial charge in [0.2, 0.25) is 11.8 Å². The predicted octanol–water partition coefficient (Wildman–Crippen LogP) is 0.677. The topological polar surface area (TPSA) is 61.4 Å². The molecule has 0 spiro atoms. The maximum atomic E-state index is 12.3. The van der Waals surface area contributed by atoms with E-state index in [0.29, 0.717) is 6.54 Å². The van der Waals surface area contributed by atoms with Gasteiger partial charge in [-0.15, -0.1) is 12.4 Å². The van der Waals surface area contributed by atoms with Gasteiger partial charge in [0.05, 0.1) is 6.04 Å². The summed E-state index contributed by atoms with van der Waals surface area (Å²) in [6.07, 6.45) is 5.19. The van der Waals surface area contributed by atoms with Crippen molar-refractivity contribution in [3.63, 3.8) is 0 Å². The molecule has 2 aliphatic heterocycles. The molecule has 0 aromatic carbocycles. The van der Waals surface area contributed by atoms with E-state index in [1.165, 1.54) is 6.92 Å². The van der Waals surface area contributed by atoms with Gasteiger partial charge in [-0.2, -0.15) is 0 Å². The highest BCUT2D eigenvalue weighted by Gasteiger charge is 2.29. The van der Waals surface area contributed by atoms with Gasteiger partial charge in [0.25, 0.3) is 0 Å². The van der Waals surface area contributed by atoms with E-state index < -0.39 is 0 Å². The Bertz CT molecular complexity index is 319. The Kier molecular flexibility index (Phi) is 6.58. The van der Waals surface area contributed by atoms with Crippen LogP contribution in [0.3, 0.4) is 0 Å². The van der Waals surface area contributed by atoms with Crippen LogP contribution in [-0.2, 0) is 9.59 Å². The van der Waals surface area contributed by atoms with Crippen LogP contribution in [0.4, 0.5) is 0 Å². The second-order valence-corrected chi connectivity index (χ2v) is 5.33. The fourth-order valence-corrected chi connectivity index (χ4v) is 2.87. The van der Waals surface area contributed by atoms with Crippen LogP contribution in [0.15, 0.2) is 0 Å². The first kappa shape index (κ1) is 16.2. The molecule has 2 fully saturated rings. The van der Waals surface area contributed by atoms with Crippen molar-refractivity contribution < 1.29 is 9.59 Å². The monoisotopic (exact) mass is 289 g/mol. The normalized spacial score (nSPS) is 27.3. The Labute approximate surface area is 120 Å². The lowest BCUT2D eigenvalue weighted by Crippen LogP contribution is -2.54. The highest BCUT2D eigenvalue weighted by Crippen LogP contribution is 2.15. The van der Waals surface area contributed by atoms with Crippen LogP contribution >= 0.6 is 12.4 Å². The third-order valence-corrected chi connectivity index (χ3v) is 3.75. The van der Waals surface area contributed by atoms with Crippen molar-refractivity contribution in [3.8, 4) is 0 Å². The summed E-state index contributed by atoms with van der Waals surface area (Å²) < 4.78 is 0. The van der Waals surface area contributed by atoms with Gasteiger partial charge in [-0.25, -0.2) is 0 Å². The lowest BCUT2D eigenvalue weighted by atomic mass is 10.0. The number of carbonyl (C=O) groups excluding carboxylic acids is 2. The molecule has 2 aliphatic rings. The first-order valence-electron chi connectivity index (χ1n) is 6.96. The summed E-state index contributed by atoms with van der Waals surface area (Å²) in [4.78, 5) is 25.3. The molecule has 2 heterocycles. The highest BCUT2D eigenvalue weighted by molar-refractivity contribution is 5.85. The first-order chi connectivity index (χ1) is 8.66. The lowest BCUT2D eigenvalue weighted by molar-refractivity contribution is -0.136. The molecule has 2 rings (SSSR count). The molecular formula is C13H24ClN3O2. The summed E-state index contributed by atoms with van der Waals surface area (Å²) in [5, 5.41) is 6.21. The zero-order valence-electron chi connectivity index (χ0n) is 11.5. The molecule has 0 aromatic heterocycles. The molecule has 0 aromatic rings.